The van der Waals surface area contributed by atoms with Crippen LogP contribution in [0.4, 0.5) is 0 Å². The van der Waals surface area contributed by atoms with Gasteiger partial charge in [0.1, 0.15) is 5.75 Å². The zero-order valence-corrected chi connectivity index (χ0v) is 16.3. The maximum absolute atomic E-state index is 12.7. The minimum absolute atomic E-state index is 0.138. The van der Waals surface area contributed by atoms with Crippen LogP contribution in [0.3, 0.4) is 0 Å². The highest BCUT2D eigenvalue weighted by Crippen LogP contribution is 2.32. The highest BCUT2D eigenvalue weighted by molar-refractivity contribution is 7.71. The molecule has 1 atom stereocenters. The Morgan fingerprint density at radius 1 is 1.21 bits per heavy atom. The molecule has 0 saturated carbocycles. The van der Waals surface area contributed by atoms with E-state index in [1.165, 1.54) is 10.1 Å². The van der Waals surface area contributed by atoms with E-state index in [-0.39, 0.29) is 21.8 Å². The van der Waals surface area contributed by atoms with E-state index >= 15 is 0 Å². The summed E-state index contributed by atoms with van der Waals surface area (Å²) >= 11 is 5.33. The molecule has 3 N–H and O–H groups in total. The molecule has 1 aliphatic heterocycles. The van der Waals surface area contributed by atoms with E-state index in [9.17, 15) is 9.90 Å². The molecule has 0 spiro atoms. The van der Waals surface area contributed by atoms with E-state index in [0.717, 1.165) is 24.3 Å². The molecule has 1 aliphatic rings. The average molecular weight is 395 g/mol. The molecular formula is C21H21N3O3S. The van der Waals surface area contributed by atoms with Gasteiger partial charge in [-0.25, -0.2) is 0 Å². The Kier molecular flexibility index (Phi) is 5.02. The smallest absolute Gasteiger partial charge is 0.260 e. The lowest BCUT2D eigenvalue weighted by atomic mass is 9.90. The number of ether oxygens (including phenoxy) is 1. The molecule has 3 aromatic rings. The normalized spacial score (nSPS) is 15.8. The van der Waals surface area contributed by atoms with Gasteiger partial charge in [0.25, 0.3) is 5.56 Å². The number of hydrogen-bond acceptors (Lipinski definition) is 5. The lowest BCUT2D eigenvalue weighted by Crippen LogP contribution is -2.35. The first kappa shape index (κ1) is 18.5. The van der Waals surface area contributed by atoms with Gasteiger partial charge in [-0.05, 0) is 61.0 Å². The van der Waals surface area contributed by atoms with Gasteiger partial charge in [0.05, 0.1) is 23.9 Å². The molecule has 2 aromatic carbocycles. The summed E-state index contributed by atoms with van der Waals surface area (Å²) in [4.78, 5) is 15.4. The SMILES string of the molecule is CCOc1ccc(-n2c(O)c([C@H]3NCCc4ccccc43)c(=O)[nH]c2=S)cc1. The predicted octanol–water partition coefficient (Wildman–Crippen LogP) is 3.23. The third-order valence-electron chi connectivity index (χ3n) is 4.92. The third-order valence-corrected chi connectivity index (χ3v) is 5.21. The summed E-state index contributed by atoms with van der Waals surface area (Å²) in [6.45, 7) is 3.21. The predicted molar refractivity (Wildman–Crippen MR) is 110 cm³/mol. The molecular weight excluding hydrogens is 374 g/mol. The van der Waals surface area contributed by atoms with Crippen LogP contribution in [-0.2, 0) is 6.42 Å². The summed E-state index contributed by atoms with van der Waals surface area (Å²) in [7, 11) is 0. The maximum Gasteiger partial charge on any atom is 0.260 e. The number of hydrogen-bond donors (Lipinski definition) is 3. The molecule has 4 rings (SSSR count). The van der Waals surface area contributed by atoms with Gasteiger partial charge in [0, 0.05) is 6.54 Å². The van der Waals surface area contributed by atoms with Crippen LogP contribution in [0.2, 0.25) is 0 Å². The van der Waals surface area contributed by atoms with Crippen molar-refractivity contribution in [3.8, 4) is 17.3 Å². The number of fused-ring (bicyclic) bond motifs is 1. The minimum Gasteiger partial charge on any atom is -0.494 e. The fourth-order valence-electron chi connectivity index (χ4n) is 3.66. The molecule has 0 fully saturated rings. The van der Waals surface area contributed by atoms with Gasteiger partial charge in [-0.15, -0.1) is 0 Å². The highest BCUT2D eigenvalue weighted by atomic mass is 32.1. The second kappa shape index (κ2) is 7.61. The molecule has 2 heterocycles. The Morgan fingerprint density at radius 2 is 1.96 bits per heavy atom. The molecule has 7 heteroatoms. The third kappa shape index (κ3) is 3.23. The largest absolute Gasteiger partial charge is 0.494 e. The first-order valence-corrected chi connectivity index (χ1v) is 9.63. The number of aromatic hydroxyl groups is 1. The van der Waals surface area contributed by atoms with E-state index in [1.54, 1.807) is 24.3 Å². The van der Waals surface area contributed by atoms with Crippen LogP contribution in [0.25, 0.3) is 5.69 Å². The van der Waals surface area contributed by atoms with Crippen LogP contribution in [0.5, 0.6) is 11.6 Å². The molecule has 0 unspecified atom stereocenters. The zero-order valence-electron chi connectivity index (χ0n) is 15.4. The van der Waals surface area contributed by atoms with E-state index in [4.69, 9.17) is 17.0 Å². The number of nitrogens with zero attached hydrogens (tertiary/aromatic N) is 1. The van der Waals surface area contributed by atoms with E-state index < -0.39 is 6.04 Å². The molecule has 0 radical (unpaired) electrons. The number of nitrogens with one attached hydrogen (secondary N) is 2. The second-order valence-electron chi connectivity index (χ2n) is 6.59. The lowest BCUT2D eigenvalue weighted by Gasteiger charge is -2.27. The summed E-state index contributed by atoms with van der Waals surface area (Å²) in [5, 5.41) is 14.4. The summed E-state index contributed by atoms with van der Waals surface area (Å²) in [5.74, 6) is 0.567. The number of aromatic nitrogens is 2. The highest BCUT2D eigenvalue weighted by Gasteiger charge is 2.28. The average Bonchev–Trinajstić information content (AvgIpc) is 2.69. The van der Waals surface area contributed by atoms with Crippen molar-refractivity contribution in [3.05, 3.63) is 80.3 Å². The lowest BCUT2D eigenvalue weighted by molar-refractivity contribution is 0.340. The Hall–Kier alpha value is -2.90. The van der Waals surface area contributed by atoms with Gasteiger partial charge in [0.15, 0.2) is 4.77 Å². The van der Waals surface area contributed by atoms with Crippen LogP contribution in [0.15, 0.2) is 53.3 Å². The Balaban J connectivity index is 1.86. The van der Waals surface area contributed by atoms with Crippen molar-refractivity contribution in [2.75, 3.05) is 13.2 Å². The van der Waals surface area contributed by atoms with Crippen molar-refractivity contribution in [2.45, 2.75) is 19.4 Å². The standard InChI is InChI=1S/C21H21N3O3S/c1-2-27-15-9-7-14(8-10-15)24-20(26)17(19(25)23-21(24)28)18-16-6-4-3-5-13(16)11-12-22-18/h3-10,18,22,26H,2,11-12H2,1H3,(H,23,25,28)/t18-/m0/s1. The molecule has 0 bridgehead atoms. The van der Waals surface area contributed by atoms with Crippen molar-refractivity contribution in [1.29, 1.82) is 0 Å². The van der Waals surface area contributed by atoms with Gasteiger partial charge in [0.2, 0.25) is 5.88 Å². The second-order valence-corrected chi connectivity index (χ2v) is 6.98. The quantitative estimate of drug-likeness (QED) is 0.591. The van der Waals surface area contributed by atoms with E-state index in [0.29, 0.717) is 12.3 Å². The van der Waals surface area contributed by atoms with Crippen LogP contribution in [-0.4, -0.2) is 27.8 Å². The topological polar surface area (TPSA) is 79.3 Å². The van der Waals surface area contributed by atoms with E-state index in [1.807, 2.05) is 25.1 Å². The Bertz CT molecular complexity index is 1120. The number of rotatable bonds is 4. The molecule has 0 saturated heterocycles. The fraction of sp³-hybridized carbons (Fsp3) is 0.238. The van der Waals surface area contributed by atoms with Gasteiger partial charge in [-0.1, -0.05) is 24.3 Å². The van der Waals surface area contributed by atoms with Crippen molar-refractivity contribution in [1.82, 2.24) is 14.9 Å². The first-order valence-electron chi connectivity index (χ1n) is 9.22. The van der Waals surface area contributed by atoms with E-state index in [2.05, 4.69) is 16.4 Å². The minimum atomic E-state index is -0.404. The Morgan fingerprint density at radius 3 is 2.71 bits per heavy atom. The Labute approximate surface area is 167 Å². The van der Waals surface area contributed by atoms with Crippen LogP contribution < -0.4 is 15.6 Å². The van der Waals surface area contributed by atoms with Crippen molar-refractivity contribution >= 4 is 12.2 Å². The first-order chi connectivity index (χ1) is 13.6. The van der Waals surface area contributed by atoms with Gasteiger partial charge >= 0.3 is 0 Å². The van der Waals surface area contributed by atoms with Crippen LogP contribution in [0, 0.1) is 4.77 Å². The maximum atomic E-state index is 12.7. The molecule has 144 valence electrons. The fourth-order valence-corrected chi connectivity index (χ4v) is 3.94. The summed E-state index contributed by atoms with van der Waals surface area (Å²) < 4.78 is 7.08. The molecule has 28 heavy (non-hydrogen) atoms. The summed E-state index contributed by atoms with van der Waals surface area (Å²) in [5.41, 5.74) is 2.67. The van der Waals surface area contributed by atoms with Gasteiger partial charge in [-0.2, -0.15) is 0 Å². The van der Waals surface area contributed by atoms with Crippen LogP contribution in [0.1, 0.15) is 29.7 Å². The number of benzene rings is 2. The number of aromatic amines is 1. The summed E-state index contributed by atoms with van der Waals surface area (Å²) in [6.07, 6.45) is 0.878. The molecule has 6 nitrogen and oxygen atoms in total. The summed E-state index contributed by atoms with van der Waals surface area (Å²) in [6, 6.07) is 14.8. The van der Waals surface area contributed by atoms with Crippen molar-refractivity contribution < 1.29 is 9.84 Å². The monoisotopic (exact) mass is 395 g/mol. The molecule has 0 amide bonds. The van der Waals surface area contributed by atoms with Gasteiger partial charge < -0.3 is 15.2 Å². The zero-order chi connectivity index (χ0) is 19.7. The van der Waals surface area contributed by atoms with Crippen molar-refractivity contribution in [3.63, 3.8) is 0 Å². The molecule has 1 aromatic heterocycles. The van der Waals surface area contributed by atoms with Crippen LogP contribution >= 0.6 is 12.2 Å². The van der Waals surface area contributed by atoms with Crippen molar-refractivity contribution in [2.24, 2.45) is 0 Å². The van der Waals surface area contributed by atoms with Gasteiger partial charge in [-0.3, -0.25) is 14.3 Å². The number of H-pyrrole nitrogens is 1. The molecule has 0 aliphatic carbocycles.